The predicted molar refractivity (Wildman–Crippen MR) is 58.7 cm³/mol. The molecule has 2 rings (SSSR count). The summed E-state index contributed by atoms with van der Waals surface area (Å²) in [6.07, 6.45) is 0.871. The lowest BCUT2D eigenvalue weighted by molar-refractivity contribution is -0.00859. The number of hydrogen-bond acceptors (Lipinski definition) is 2. The van der Waals surface area contributed by atoms with Crippen LogP contribution in [0.3, 0.4) is 0 Å². The van der Waals surface area contributed by atoms with Crippen LogP contribution in [0.2, 0.25) is 0 Å². The molecule has 1 unspecified atom stereocenters. The fraction of sp³-hybridized carbons (Fsp3) is 0.462. The second kappa shape index (κ2) is 3.37. The molecule has 2 nitrogen and oxygen atoms in total. The molecule has 15 heavy (non-hydrogen) atoms. The number of fused-ring (bicyclic) bond motifs is 1. The van der Waals surface area contributed by atoms with E-state index in [4.69, 9.17) is 4.74 Å². The lowest BCUT2D eigenvalue weighted by Gasteiger charge is -2.25. The Kier molecular flexibility index (Phi) is 2.29. The third-order valence-corrected chi connectivity index (χ3v) is 2.83. The summed E-state index contributed by atoms with van der Waals surface area (Å²) in [6.45, 7) is 6.27. The first-order chi connectivity index (χ1) is 7.03. The molecular weight excluding hydrogens is 188 g/mol. The van der Waals surface area contributed by atoms with Crippen molar-refractivity contribution in [1.29, 1.82) is 0 Å². The van der Waals surface area contributed by atoms with Gasteiger partial charge in [0.15, 0.2) is 0 Å². The maximum atomic E-state index is 11.6. The van der Waals surface area contributed by atoms with Gasteiger partial charge in [-0.05, 0) is 25.3 Å². The van der Waals surface area contributed by atoms with E-state index in [1.807, 2.05) is 31.2 Å². The van der Waals surface area contributed by atoms with Gasteiger partial charge in [0.05, 0.1) is 5.56 Å². The van der Waals surface area contributed by atoms with Crippen LogP contribution in [0, 0.1) is 5.92 Å². The molecule has 1 aliphatic rings. The molecule has 0 saturated carbocycles. The maximum Gasteiger partial charge on any atom is 0.339 e. The predicted octanol–water partition coefficient (Wildman–Crippen LogP) is 3.12. The lowest BCUT2D eigenvalue weighted by Crippen LogP contribution is -2.23. The highest BCUT2D eigenvalue weighted by Gasteiger charge is 2.41. The van der Waals surface area contributed by atoms with Gasteiger partial charge in [0.25, 0.3) is 0 Å². The summed E-state index contributed by atoms with van der Waals surface area (Å²) < 4.78 is 5.49. The SMILES string of the molecule is CC(C)CC1(C)OC(=O)c2ccccc21. The summed E-state index contributed by atoms with van der Waals surface area (Å²) in [7, 11) is 0. The van der Waals surface area contributed by atoms with Crippen molar-refractivity contribution in [2.45, 2.75) is 32.8 Å². The zero-order valence-electron chi connectivity index (χ0n) is 9.41. The van der Waals surface area contributed by atoms with E-state index in [1.165, 1.54) is 0 Å². The smallest absolute Gasteiger partial charge is 0.339 e. The molecule has 1 aromatic rings. The van der Waals surface area contributed by atoms with Crippen LogP contribution >= 0.6 is 0 Å². The molecule has 0 bridgehead atoms. The maximum absolute atomic E-state index is 11.6. The Hall–Kier alpha value is -1.31. The topological polar surface area (TPSA) is 26.3 Å². The number of carbonyl (C=O) groups is 1. The lowest BCUT2D eigenvalue weighted by atomic mass is 9.87. The molecule has 0 N–H and O–H groups in total. The van der Waals surface area contributed by atoms with E-state index in [0.29, 0.717) is 5.92 Å². The van der Waals surface area contributed by atoms with E-state index in [1.54, 1.807) is 0 Å². The molecule has 0 spiro atoms. The van der Waals surface area contributed by atoms with Crippen molar-refractivity contribution in [3.63, 3.8) is 0 Å². The van der Waals surface area contributed by atoms with Gasteiger partial charge in [-0.3, -0.25) is 0 Å². The van der Waals surface area contributed by atoms with Crippen molar-refractivity contribution in [2.24, 2.45) is 5.92 Å². The number of rotatable bonds is 2. The number of hydrogen-bond donors (Lipinski definition) is 0. The van der Waals surface area contributed by atoms with E-state index >= 15 is 0 Å². The molecule has 0 fully saturated rings. The van der Waals surface area contributed by atoms with E-state index in [9.17, 15) is 4.79 Å². The van der Waals surface area contributed by atoms with E-state index in [-0.39, 0.29) is 5.97 Å². The standard InChI is InChI=1S/C13H16O2/c1-9(2)8-13(3)11-7-5-4-6-10(11)12(14)15-13/h4-7,9H,8H2,1-3H3. The molecule has 0 saturated heterocycles. The molecule has 0 radical (unpaired) electrons. The Morgan fingerprint density at radius 3 is 2.67 bits per heavy atom. The van der Waals surface area contributed by atoms with Gasteiger partial charge in [0.1, 0.15) is 5.60 Å². The van der Waals surface area contributed by atoms with Crippen LogP contribution in [-0.4, -0.2) is 5.97 Å². The van der Waals surface area contributed by atoms with Gasteiger partial charge in [-0.15, -0.1) is 0 Å². The second-order valence-electron chi connectivity index (χ2n) is 4.76. The molecule has 1 aromatic carbocycles. The van der Waals surface area contributed by atoms with E-state index in [0.717, 1.165) is 17.5 Å². The summed E-state index contributed by atoms with van der Waals surface area (Å²) >= 11 is 0. The Morgan fingerprint density at radius 1 is 1.33 bits per heavy atom. The minimum absolute atomic E-state index is 0.186. The van der Waals surface area contributed by atoms with Crippen LogP contribution in [0.5, 0.6) is 0 Å². The highest BCUT2D eigenvalue weighted by atomic mass is 16.6. The van der Waals surface area contributed by atoms with E-state index in [2.05, 4.69) is 13.8 Å². The highest BCUT2D eigenvalue weighted by Crippen LogP contribution is 2.40. The third kappa shape index (κ3) is 1.65. The van der Waals surface area contributed by atoms with Gasteiger partial charge in [0.2, 0.25) is 0 Å². The Bertz CT molecular complexity index is 395. The minimum atomic E-state index is -0.429. The molecule has 2 heteroatoms. The quantitative estimate of drug-likeness (QED) is 0.692. The summed E-state index contributed by atoms with van der Waals surface area (Å²) in [5.74, 6) is 0.322. The molecule has 80 valence electrons. The zero-order chi connectivity index (χ0) is 11.1. The number of ether oxygens (including phenoxy) is 1. The van der Waals surface area contributed by atoms with Crippen molar-refractivity contribution >= 4 is 5.97 Å². The van der Waals surface area contributed by atoms with Gasteiger partial charge in [-0.1, -0.05) is 32.0 Å². The first kappa shape index (κ1) is 10.2. The third-order valence-electron chi connectivity index (χ3n) is 2.83. The van der Waals surface area contributed by atoms with Crippen molar-refractivity contribution < 1.29 is 9.53 Å². The minimum Gasteiger partial charge on any atom is -0.451 e. The first-order valence-corrected chi connectivity index (χ1v) is 5.36. The summed E-state index contributed by atoms with van der Waals surface area (Å²) in [5, 5.41) is 0. The number of benzene rings is 1. The van der Waals surface area contributed by atoms with Crippen LogP contribution in [0.15, 0.2) is 24.3 Å². The monoisotopic (exact) mass is 204 g/mol. The van der Waals surface area contributed by atoms with Crippen LogP contribution in [0.1, 0.15) is 43.1 Å². The van der Waals surface area contributed by atoms with Crippen molar-refractivity contribution in [3.8, 4) is 0 Å². The Labute approximate surface area is 90.3 Å². The zero-order valence-corrected chi connectivity index (χ0v) is 9.41. The molecule has 1 heterocycles. The number of carbonyl (C=O) groups excluding carboxylic acids is 1. The van der Waals surface area contributed by atoms with Crippen LogP contribution < -0.4 is 0 Å². The Morgan fingerprint density at radius 2 is 2.00 bits per heavy atom. The molecule has 1 atom stereocenters. The Balaban J connectivity index is 2.43. The van der Waals surface area contributed by atoms with Crippen molar-refractivity contribution in [2.75, 3.05) is 0 Å². The number of cyclic esters (lactones) is 1. The molecule has 0 aliphatic carbocycles. The largest absolute Gasteiger partial charge is 0.451 e. The molecule has 1 aliphatic heterocycles. The van der Waals surface area contributed by atoms with Gasteiger partial charge in [-0.2, -0.15) is 0 Å². The molecular formula is C13H16O2. The van der Waals surface area contributed by atoms with Crippen LogP contribution in [-0.2, 0) is 10.3 Å². The summed E-state index contributed by atoms with van der Waals surface area (Å²) in [4.78, 5) is 11.6. The fourth-order valence-corrected chi connectivity index (χ4v) is 2.37. The van der Waals surface area contributed by atoms with Crippen molar-refractivity contribution in [1.82, 2.24) is 0 Å². The number of esters is 1. The average molecular weight is 204 g/mol. The highest BCUT2D eigenvalue weighted by molar-refractivity contribution is 5.94. The van der Waals surface area contributed by atoms with Gasteiger partial charge in [-0.25, -0.2) is 4.79 Å². The fourth-order valence-electron chi connectivity index (χ4n) is 2.37. The first-order valence-electron chi connectivity index (χ1n) is 5.36. The molecule has 0 aromatic heterocycles. The van der Waals surface area contributed by atoms with Crippen LogP contribution in [0.4, 0.5) is 0 Å². The van der Waals surface area contributed by atoms with Gasteiger partial charge < -0.3 is 4.74 Å². The van der Waals surface area contributed by atoms with Gasteiger partial charge in [0, 0.05) is 5.56 Å². The van der Waals surface area contributed by atoms with Crippen molar-refractivity contribution in [3.05, 3.63) is 35.4 Å². The second-order valence-corrected chi connectivity index (χ2v) is 4.76. The van der Waals surface area contributed by atoms with Crippen LogP contribution in [0.25, 0.3) is 0 Å². The normalized spacial score (nSPS) is 24.1. The van der Waals surface area contributed by atoms with Gasteiger partial charge >= 0.3 is 5.97 Å². The summed E-state index contributed by atoms with van der Waals surface area (Å²) in [6, 6.07) is 7.66. The summed E-state index contributed by atoms with van der Waals surface area (Å²) in [5.41, 5.74) is 1.33. The van der Waals surface area contributed by atoms with E-state index < -0.39 is 5.60 Å². The average Bonchev–Trinajstić information content (AvgIpc) is 2.39. The molecule has 0 amide bonds.